The van der Waals surface area contributed by atoms with E-state index in [9.17, 15) is 0 Å². The van der Waals surface area contributed by atoms with Gasteiger partial charge in [-0.3, -0.25) is 4.98 Å². The van der Waals surface area contributed by atoms with Crippen molar-refractivity contribution in [2.24, 2.45) is 5.92 Å². The Labute approximate surface area is 93.9 Å². The SMILES string of the molecule is N#Cc1ccncc1NCC1CCSC1. The van der Waals surface area contributed by atoms with Gasteiger partial charge in [0.2, 0.25) is 0 Å². The predicted octanol–water partition coefficient (Wildman–Crippen LogP) is 2.12. The second kappa shape index (κ2) is 5.04. The highest BCUT2D eigenvalue weighted by atomic mass is 32.2. The van der Waals surface area contributed by atoms with Gasteiger partial charge in [0.15, 0.2) is 0 Å². The van der Waals surface area contributed by atoms with E-state index in [-0.39, 0.29) is 0 Å². The maximum Gasteiger partial charge on any atom is 0.101 e. The van der Waals surface area contributed by atoms with Crippen LogP contribution in [0.3, 0.4) is 0 Å². The number of nitrogens with one attached hydrogen (secondary N) is 1. The monoisotopic (exact) mass is 219 g/mol. The number of nitriles is 1. The van der Waals surface area contributed by atoms with Crippen LogP contribution in [-0.2, 0) is 0 Å². The molecule has 0 amide bonds. The van der Waals surface area contributed by atoms with E-state index in [1.807, 2.05) is 11.8 Å². The zero-order valence-corrected chi connectivity index (χ0v) is 9.26. The zero-order valence-electron chi connectivity index (χ0n) is 8.44. The molecule has 1 saturated heterocycles. The first-order chi connectivity index (χ1) is 7.40. The van der Waals surface area contributed by atoms with Gasteiger partial charge in [-0.1, -0.05) is 0 Å². The molecular formula is C11H13N3S. The predicted molar refractivity (Wildman–Crippen MR) is 62.9 cm³/mol. The standard InChI is InChI=1S/C11H13N3S/c12-5-10-1-3-13-7-11(10)14-6-9-2-4-15-8-9/h1,3,7,9,14H,2,4,6,8H2. The van der Waals surface area contributed by atoms with Crippen molar-refractivity contribution in [3.8, 4) is 6.07 Å². The van der Waals surface area contributed by atoms with Crippen LogP contribution in [0.1, 0.15) is 12.0 Å². The third-order valence-corrected chi connectivity index (χ3v) is 3.78. The molecule has 0 spiro atoms. The minimum atomic E-state index is 0.677. The van der Waals surface area contributed by atoms with E-state index in [1.165, 1.54) is 17.9 Å². The van der Waals surface area contributed by atoms with E-state index in [0.29, 0.717) is 5.56 Å². The number of anilines is 1. The topological polar surface area (TPSA) is 48.7 Å². The summed E-state index contributed by atoms with van der Waals surface area (Å²) in [4.78, 5) is 4.02. The lowest BCUT2D eigenvalue weighted by Crippen LogP contribution is -2.14. The molecule has 1 aromatic heterocycles. The zero-order chi connectivity index (χ0) is 10.5. The highest BCUT2D eigenvalue weighted by Gasteiger charge is 2.15. The molecule has 1 aliphatic heterocycles. The van der Waals surface area contributed by atoms with Gasteiger partial charge >= 0.3 is 0 Å². The molecule has 0 saturated carbocycles. The van der Waals surface area contributed by atoms with Gasteiger partial charge in [0.1, 0.15) is 6.07 Å². The van der Waals surface area contributed by atoms with Crippen molar-refractivity contribution in [1.29, 1.82) is 5.26 Å². The highest BCUT2D eigenvalue weighted by molar-refractivity contribution is 7.99. The minimum absolute atomic E-state index is 0.677. The van der Waals surface area contributed by atoms with Crippen LogP contribution in [0.4, 0.5) is 5.69 Å². The molecule has 78 valence electrons. The van der Waals surface area contributed by atoms with Gasteiger partial charge in [-0.05, 0) is 29.9 Å². The van der Waals surface area contributed by atoms with Crippen molar-refractivity contribution in [2.75, 3.05) is 23.4 Å². The van der Waals surface area contributed by atoms with E-state index in [2.05, 4.69) is 16.4 Å². The minimum Gasteiger partial charge on any atom is -0.382 e. The van der Waals surface area contributed by atoms with Crippen LogP contribution in [0.5, 0.6) is 0 Å². The highest BCUT2D eigenvalue weighted by Crippen LogP contribution is 2.24. The van der Waals surface area contributed by atoms with E-state index in [0.717, 1.165) is 18.2 Å². The van der Waals surface area contributed by atoms with Crippen molar-refractivity contribution in [1.82, 2.24) is 4.98 Å². The first-order valence-electron chi connectivity index (χ1n) is 5.06. The normalized spacial score (nSPS) is 19.8. The number of rotatable bonds is 3. The molecule has 0 aliphatic carbocycles. The van der Waals surface area contributed by atoms with Crippen LogP contribution in [0.25, 0.3) is 0 Å². The third kappa shape index (κ3) is 2.63. The molecule has 0 bridgehead atoms. The van der Waals surface area contributed by atoms with Crippen LogP contribution in [0.15, 0.2) is 18.5 Å². The fraction of sp³-hybridized carbons (Fsp3) is 0.455. The molecule has 1 aliphatic rings. The second-order valence-electron chi connectivity index (χ2n) is 3.64. The van der Waals surface area contributed by atoms with Gasteiger partial charge < -0.3 is 5.32 Å². The summed E-state index contributed by atoms with van der Waals surface area (Å²) in [6.07, 6.45) is 4.65. The first-order valence-corrected chi connectivity index (χ1v) is 6.21. The lowest BCUT2D eigenvalue weighted by atomic mass is 10.1. The Morgan fingerprint density at radius 2 is 2.60 bits per heavy atom. The summed E-state index contributed by atoms with van der Waals surface area (Å²) in [6, 6.07) is 3.91. The van der Waals surface area contributed by atoms with Crippen molar-refractivity contribution < 1.29 is 0 Å². The lowest BCUT2D eigenvalue weighted by molar-refractivity contribution is 0.631. The molecule has 1 fully saturated rings. The average Bonchev–Trinajstić information content (AvgIpc) is 2.79. The average molecular weight is 219 g/mol. The number of thioether (sulfide) groups is 1. The summed E-state index contributed by atoms with van der Waals surface area (Å²) in [7, 11) is 0. The third-order valence-electron chi connectivity index (χ3n) is 2.55. The van der Waals surface area contributed by atoms with Crippen LogP contribution < -0.4 is 5.32 Å². The Balaban J connectivity index is 1.95. The second-order valence-corrected chi connectivity index (χ2v) is 4.79. The molecule has 2 rings (SSSR count). The molecule has 1 unspecified atom stereocenters. The van der Waals surface area contributed by atoms with Gasteiger partial charge in [-0.25, -0.2) is 0 Å². The molecule has 0 radical (unpaired) electrons. The molecule has 2 heterocycles. The number of nitrogens with zero attached hydrogens (tertiary/aromatic N) is 2. The quantitative estimate of drug-likeness (QED) is 0.846. The number of hydrogen-bond donors (Lipinski definition) is 1. The maximum absolute atomic E-state index is 8.89. The Morgan fingerprint density at radius 3 is 3.33 bits per heavy atom. The van der Waals surface area contributed by atoms with Crippen LogP contribution in [-0.4, -0.2) is 23.0 Å². The van der Waals surface area contributed by atoms with E-state index < -0.39 is 0 Å². The summed E-state index contributed by atoms with van der Waals surface area (Å²) < 4.78 is 0. The lowest BCUT2D eigenvalue weighted by Gasteiger charge is -2.11. The molecule has 1 aromatic rings. The Kier molecular flexibility index (Phi) is 3.46. The summed E-state index contributed by atoms with van der Waals surface area (Å²) in [5.41, 5.74) is 1.53. The number of hydrogen-bond acceptors (Lipinski definition) is 4. The Bertz CT molecular complexity index is 366. The smallest absolute Gasteiger partial charge is 0.101 e. The first kappa shape index (κ1) is 10.3. The maximum atomic E-state index is 8.89. The number of pyridine rings is 1. The summed E-state index contributed by atoms with van der Waals surface area (Å²) >= 11 is 2.01. The van der Waals surface area contributed by atoms with Crippen LogP contribution in [0, 0.1) is 17.2 Å². The van der Waals surface area contributed by atoms with Gasteiger partial charge in [0.05, 0.1) is 17.4 Å². The van der Waals surface area contributed by atoms with Crippen molar-refractivity contribution in [3.63, 3.8) is 0 Å². The van der Waals surface area contributed by atoms with Crippen LogP contribution in [0.2, 0.25) is 0 Å². The van der Waals surface area contributed by atoms with Crippen LogP contribution >= 0.6 is 11.8 Å². The van der Waals surface area contributed by atoms with E-state index in [1.54, 1.807) is 18.5 Å². The van der Waals surface area contributed by atoms with Gasteiger partial charge in [0.25, 0.3) is 0 Å². The van der Waals surface area contributed by atoms with Crippen molar-refractivity contribution in [2.45, 2.75) is 6.42 Å². The molecule has 3 nitrogen and oxygen atoms in total. The molecule has 0 aromatic carbocycles. The molecule has 15 heavy (non-hydrogen) atoms. The van der Waals surface area contributed by atoms with E-state index in [4.69, 9.17) is 5.26 Å². The van der Waals surface area contributed by atoms with Crippen molar-refractivity contribution in [3.05, 3.63) is 24.0 Å². The fourth-order valence-corrected chi connectivity index (χ4v) is 2.92. The van der Waals surface area contributed by atoms with E-state index >= 15 is 0 Å². The molecular weight excluding hydrogens is 206 g/mol. The summed E-state index contributed by atoms with van der Waals surface area (Å²) in [5, 5.41) is 12.2. The molecule has 4 heteroatoms. The summed E-state index contributed by atoms with van der Waals surface area (Å²) in [5.74, 6) is 3.24. The van der Waals surface area contributed by atoms with Gasteiger partial charge in [-0.2, -0.15) is 17.0 Å². The van der Waals surface area contributed by atoms with Gasteiger partial charge in [0, 0.05) is 12.7 Å². The van der Waals surface area contributed by atoms with Gasteiger partial charge in [-0.15, -0.1) is 0 Å². The molecule has 1 N–H and O–H groups in total. The molecule has 1 atom stereocenters. The Hall–Kier alpha value is -1.21. The van der Waals surface area contributed by atoms with Crippen molar-refractivity contribution >= 4 is 17.4 Å². The Morgan fingerprint density at radius 1 is 1.67 bits per heavy atom. The number of aromatic nitrogens is 1. The largest absolute Gasteiger partial charge is 0.382 e. The fourth-order valence-electron chi connectivity index (χ4n) is 1.63. The summed E-state index contributed by atoms with van der Waals surface area (Å²) in [6.45, 7) is 0.952.